The molecule has 17 heavy (non-hydrogen) atoms. The van der Waals surface area contributed by atoms with Crippen LogP contribution < -0.4 is 16.2 Å². The molecule has 1 aromatic heterocycles. The molecule has 1 fully saturated rings. The molecule has 1 saturated heterocycles. The van der Waals surface area contributed by atoms with Crippen molar-refractivity contribution in [3.63, 3.8) is 0 Å². The van der Waals surface area contributed by atoms with Gasteiger partial charge in [-0.1, -0.05) is 0 Å². The van der Waals surface area contributed by atoms with Crippen LogP contribution >= 0.6 is 22.6 Å². The fourth-order valence-electron chi connectivity index (χ4n) is 1.48. The van der Waals surface area contributed by atoms with Crippen LogP contribution in [0.2, 0.25) is 0 Å². The lowest BCUT2D eigenvalue weighted by Gasteiger charge is -2.22. The number of nitrogens with one attached hydrogen (secondary N) is 3. The minimum Gasteiger partial charge on any atom is -0.357 e. The van der Waals surface area contributed by atoms with E-state index < -0.39 is 6.04 Å². The van der Waals surface area contributed by atoms with Crippen LogP contribution in [0.4, 0.5) is 5.82 Å². The van der Waals surface area contributed by atoms with Gasteiger partial charge in [-0.25, -0.2) is 4.98 Å². The highest BCUT2D eigenvalue weighted by atomic mass is 127. The third kappa shape index (κ3) is 2.62. The number of H-pyrrole nitrogens is 1. The van der Waals surface area contributed by atoms with Crippen LogP contribution in [-0.2, 0) is 9.59 Å². The summed E-state index contributed by atoms with van der Waals surface area (Å²) >= 11 is 1.84. The van der Waals surface area contributed by atoms with Crippen LogP contribution in [-0.4, -0.2) is 27.8 Å². The summed E-state index contributed by atoms with van der Waals surface area (Å²) in [6, 6.07) is -0.532. The minimum absolute atomic E-state index is 0.268. The van der Waals surface area contributed by atoms with Crippen LogP contribution in [0.1, 0.15) is 12.8 Å². The maximum atomic E-state index is 11.5. The lowest BCUT2D eigenvalue weighted by atomic mass is 10.1. The molecular weight excluding hydrogens is 339 g/mol. The lowest BCUT2D eigenvalue weighted by Crippen LogP contribution is -2.47. The second kappa shape index (κ2) is 4.82. The monoisotopic (exact) mass is 348 g/mol. The first-order valence-electron chi connectivity index (χ1n) is 4.91. The summed E-state index contributed by atoms with van der Waals surface area (Å²) in [5, 5.41) is 5.08. The topological polar surface area (TPSA) is 104 Å². The molecule has 1 atom stereocenters. The Hall–Kier alpha value is -1.45. The van der Waals surface area contributed by atoms with Crippen molar-refractivity contribution in [3.05, 3.63) is 20.3 Å². The summed E-state index contributed by atoms with van der Waals surface area (Å²) in [6.07, 6.45) is 1.94. The Morgan fingerprint density at radius 1 is 1.41 bits per heavy atom. The van der Waals surface area contributed by atoms with Crippen molar-refractivity contribution in [2.24, 2.45) is 0 Å². The summed E-state index contributed by atoms with van der Waals surface area (Å²) in [5.74, 6) is -0.315. The van der Waals surface area contributed by atoms with Gasteiger partial charge in [-0.05, 0) is 29.0 Å². The molecule has 90 valence electrons. The Morgan fingerprint density at radius 3 is 2.88 bits per heavy atom. The highest BCUT2D eigenvalue weighted by molar-refractivity contribution is 14.1. The number of hydrogen-bond donors (Lipinski definition) is 3. The highest BCUT2D eigenvalue weighted by Crippen LogP contribution is 2.14. The first kappa shape index (κ1) is 12.0. The number of anilines is 1. The first-order chi connectivity index (χ1) is 8.08. The van der Waals surface area contributed by atoms with Gasteiger partial charge >= 0.3 is 0 Å². The third-order valence-electron chi connectivity index (χ3n) is 2.35. The molecule has 1 aliphatic heterocycles. The number of amides is 2. The molecule has 0 spiro atoms. The van der Waals surface area contributed by atoms with E-state index in [0.29, 0.717) is 15.8 Å². The molecule has 0 aliphatic carbocycles. The van der Waals surface area contributed by atoms with Gasteiger partial charge in [-0.3, -0.25) is 19.7 Å². The van der Waals surface area contributed by atoms with E-state index in [-0.39, 0.29) is 23.8 Å². The number of rotatable bonds is 2. The molecule has 2 amide bonds. The highest BCUT2D eigenvalue weighted by Gasteiger charge is 2.27. The molecular formula is C9H9IN4O3. The number of carbonyl (C=O) groups excluding carboxylic acids is 2. The van der Waals surface area contributed by atoms with Gasteiger partial charge in [0, 0.05) is 6.42 Å². The molecule has 2 heterocycles. The zero-order chi connectivity index (χ0) is 12.4. The average molecular weight is 348 g/mol. The zero-order valence-corrected chi connectivity index (χ0v) is 10.8. The van der Waals surface area contributed by atoms with E-state index in [0.717, 1.165) is 0 Å². The molecule has 0 aromatic carbocycles. The smallest absolute Gasteiger partial charge is 0.266 e. The molecule has 3 N–H and O–H groups in total. The predicted octanol–water partition coefficient (Wildman–Crippen LogP) is -0.408. The normalized spacial score (nSPS) is 19.9. The van der Waals surface area contributed by atoms with Crippen LogP contribution in [0.3, 0.4) is 0 Å². The molecule has 8 heteroatoms. The maximum absolute atomic E-state index is 11.5. The van der Waals surface area contributed by atoms with E-state index in [1.807, 2.05) is 22.6 Å². The van der Waals surface area contributed by atoms with Crippen molar-refractivity contribution in [3.8, 4) is 0 Å². The Labute approximate surface area is 110 Å². The van der Waals surface area contributed by atoms with E-state index in [1.165, 1.54) is 6.33 Å². The SMILES string of the molecule is O=C1CCC(Nc2nc[nH]c(=O)c2I)C(=O)N1. The van der Waals surface area contributed by atoms with Gasteiger partial charge in [0.15, 0.2) is 0 Å². The zero-order valence-electron chi connectivity index (χ0n) is 8.62. The van der Waals surface area contributed by atoms with Crippen molar-refractivity contribution < 1.29 is 9.59 Å². The number of aromatic amines is 1. The summed E-state index contributed by atoms with van der Waals surface area (Å²) in [5.41, 5.74) is -0.268. The van der Waals surface area contributed by atoms with Crippen LogP contribution in [0.15, 0.2) is 11.1 Å². The quantitative estimate of drug-likeness (QED) is 0.498. The average Bonchev–Trinajstić information content (AvgIpc) is 2.28. The van der Waals surface area contributed by atoms with Crippen molar-refractivity contribution in [2.75, 3.05) is 5.32 Å². The van der Waals surface area contributed by atoms with Gasteiger partial charge in [-0.15, -0.1) is 0 Å². The summed E-state index contributed by atoms with van der Waals surface area (Å²) < 4.78 is 0.384. The molecule has 0 radical (unpaired) electrons. The van der Waals surface area contributed by atoms with E-state index in [4.69, 9.17) is 0 Å². The van der Waals surface area contributed by atoms with Crippen molar-refractivity contribution >= 4 is 40.2 Å². The van der Waals surface area contributed by atoms with E-state index in [9.17, 15) is 14.4 Å². The van der Waals surface area contributed by atoms with Gasteiger partial charge in [0.2, 0.25) is 11.8 Å². The minimum atomic E-state index is -0.532. The van der Waals surface area contributed by atoms with Crippen LogP contribution in [0.5, 0.6) is 0 Å². The fourth-order valence-corrected chi connectivity index (χ4v) is 1.93. The standard InChI is InChI=1S/C9H9IN4O3/c10-6-7(11-3-12-9(6)17)13-4-1-2-5(15)14-8(4)16/h3-4H,1-2H2,(H,14,15,16)(H2,11,12,13,17). The molecule has 0 bridgehead atoms. The Morgan fingerprint density at radius 2 is 2.18 bits per heavy atom. The molecule has 2 rings (SSSR count). The fraction of sp³-hybridized carbons (Fsp3) is 0.333. The largest absolute Gasteiger partial charge is 0.357 e. The number of hydrogen-bond acceptors (Lipinski definition) is 5. The number of imide groups is 1. The Bertz CT molecular complexity index is 527. The molecule has 7 nitrogen and oxygen atoms in total. The second-order valence-corrected chi connectivity index (χ2v) is 4.62. The third-order valence-corrected chi connectivity index (χ3v) is 3.35. The molecule has 0 saturated carbocycles. The number of piperidine rings is 1. The van der Waals surface area contributed by atoms with Gasteiger partial charge in [0.05, 0.1) is 6.33 Å². The first-order valence-corrected chi connectivity index (χ1v) is 5.99. The van der Waals surface area contributed by atoms with Gasteiger partial charge < -0.3 is 10.3 Å². The van der Waals surface area contributed by atoms with E-state index in [2.05, 4.69) is 20.6 Å². The second-order valence-electron chi connectivity index (χ2n) is 3.54. The number of carbonyl (C=O) groups is 2. The number of halogens is 1. The van der Waals surface area contributed by atoms with Gasteiger partial charge in [0.1, 0.15) is 15.4 Å². The van der Waals surface area contributed by atoms with Gasteiger partial charge in [0.25, 0.3) is 5.56 Å². The Kier molecular flexibility index (Phi) is 3.41. The summed E-state index contributed by atoms with van der Waals surface area (Å²) in [6.45, 7) is 0. The van der Waals surface area contributed by atoms with Crippen molar-refractivity contribution in [1.29, 1.82) is 0 Å². The number of nitrogens with zero attached hydrogens (tertiary/aromatic N) is 1. The maximum Gasteiger partial charge on any atom is 0.266 e. The summed E-state index contributed by atoms with van der Waals surface area (Å²) in [7, 11) is 0. The molecule has 1 unspecified atom stereocenters. The Balaban J connectivity index is 2.16. The predicted molar refractivity (Wildman–Crippen MR) is 67.4 cm³/mol. The molecule has 1 aromatic rings. The van der Waals surface area contributed by atoms with Crippen LogP contribution in [0.25, 0.3) is 0 Å². The number of aromatic nitrogens is 2. The van der Waals surface area contributed by atoms with Crippen LogP contribution in [0, 0.1) is 3.57 Å². The van der Waals surface area contributed by atoms with Crippen molar-refractivity contribution in [2.45, 2.75) is 18.9 Å². The van der Waals surface area contributed by atoms with E-state index in [1.54, 1.807) is 0 Å². The molecule has 1 aliphatic rings. The summed E-state index contributed by atoms with van der Waals surface area (Å²) in [4.78, 5) is 40.1. The lowest BCUT2D eigenvalue weighted by molar-refractivity contribution is -0.133. The van der Waals surface area contributed by atoms with Gasteiger partial charge in [-0.2, -0.15) is 0 Å². The van der Waals surface area contributed by atoms with E-state index >= 15 is 0 Å². The van der Waals surface area contributed by atoms with Crippen molar-refractivity contribution in [1.82, 2.24) is 15.3 Å².